The lowest BCUT2D eigenvalue weighted by Gasteiger charge is -2.30. The molecule has 0 spiro atoms. The summed E-state index contributed by atoms with van der Waals surface area (Å²) in [5.41, 5.74) is 3.76. The predicted octanol–water partition coefficient (Wildman–Crippen LogP) is 4.55. The van der Waals surface area contributed by atoms with E-state index in [0.29, 0.717) is 24.7 Å². The average Bonchev–Trinajstić information content (AvgIpc) is 3.41. The van der Waals surface area contributed by atoms with Crippen molar-refractivity contribution in [3.8, 4) is 11.5 Å². The lowest BCUT2D eigenvalue weighted by atomic mass is 9.96. The van der Waals surface area contributed by atoms with Crippen LogP contribution in [0.2, 0.25) is 0 Å². The molecule has 0 saturated carbocycles. The summed E-state index contributed by atoms with van der Waals surface area (Å²) in [5.74, 6) is 1.55. The summed E-state index contributed by atoms with van der Waals surface area (Å²) in [6.07, 6.45) is 1.66. The van der Waals surface area contributed by atoms with Gasteiger partial charge >= 0.3 is 0 Å². The second kappa shape index (κ2) is 7.20. The summed E-state index contributed by atoms with van der Waals surface area (Å²) in [7, 11) is 0. The predicted molar refractivity (Wildman–Crippen MR) is 111 cm³/mol. The molecule has 146 valence electrons. The van der Waals surface area contributed by atoms with Crippen molar-refractivity contribution < 1.29 is 9.32 Å². The van der Waals surface area contributed by atoms with E-state index in [4.69, 9.17) is 4.52 Å². The van der Waals surface area contributed by atoms with Gasteiger partial charge in [-0.05, 0) is 44.0 Å². The summed E-state index contributed by atoms with van der Waals surface area (Å²) >= 11 is 0. The molecule has 1 aliphatic heterocycles. The van der Waals surface area contributed by atoms with Gasteiger partial charge in [0, 0.05) is 35.5 Å². The van der Waals surface area contributed by atoms with Gasteiger partial charge in [0.05, 0.1) is 0 Å². The summed E-state index contributed by atoms with van der Waals surface area (Å²) in [6, 6.07) is 17.9. The fourth-order valence-electron chi connectivity index (χ4n) is 3.91. The van der Waals surface area contributed by atoms with Crippen LogP contribution in [0.15, 0.2) is 59.1 Å². The minimum absolute atomic E-state index is 0.0492. The first-order chi connectivity index (χ1) is 14.2. The zero-order valence-electron chi connectivity index (χ0n) is 16.3. The number of hydrogen-bond acceptors (Lipinski definition) is 4. The van der Waals surface area contributed by atoms with Gasteiger partial charge < -0.3 is 14.4 Å². The molecule has 6 heteroatoms. The Morgan fingerprint density at radius 1 is 1.10 bits per heavy atom. The number of rotatable bonds is 3. The van der Waals surface area contributed by atoms with Crippen LogP contribution < -0.4 is 0 Å². The maximum Gasteiger partial charge on any atom is 0.270 e. The number of nitrogens with one attached hydrogen (secondary N) is 1. The fourth-order valence-corrected chi connectivity index (χ4v) is 3.91. The van der Waals surface area contributed by atoms with Crippen molar-refractivity contribution in [1.82, 2.24) is 20.0 Å². The third-order valence-electron chi connectivity index (χ3n) is 5.65. The maximum absolute atomic E-state index is 12.9. The first kappa shape index (κ1) is 17.7. The van der Waals surface area contributed by atoms with Gasteiger partial charge in [-0.3, -0.25) is 4.79 Å². The number of carbonyl (C=O) groups excluding carboxylic acids is 1. The van der Waals surface area contributed by atoms with Crippen molar-refractivity contribution in [3.05, 3.63) is 71.7 Å². The molecule has 1 fully saturated rings. The number of piperidine rings is 1. The van der Waals surface area contributed by atoms with Gasteiger partial charge in [0.15, 0.2) is 5.82 Å². The summed E-state index contributed by atoms with van der Waals surface area (Å²) in [4.78, 5) is 22.6. The first-order valence-electron chi connectivity index (χ1n) is 9.95. The molecular weight excluding hydrogens is 364 g/mol. The van der Waals surface area contributed by atoms with E-state index in [1.165, 1.54) is 5.56 Å². The van der Waals surface area contributed by atoms with Crippen molar-refractivity contribution >= 4 is 16.8 Å². The van der Waals surface area contributed by atoms with Gasteiger partial charge in [-0.2, -0.15) is 4.98 Å². The zero-order valence-corrected chi connectivity index (χ0v) is 16.3. The van der Waals surface area contributed by atoms with Crippen LogP contribution in [0, 0.1) is 6.92 Å². The van der Waals surface area contributed by atoms with E-state index in [0.717, 1.165) is 35.1 Å². The molecule has 0 bridgehead atoms. The highest BCUT2D eigenvalue weighted by molar-refractivity contribution is 5.98. The molecule has 1 N–H and O–H groups in total. The molecule has 29 heavy (non-hydrogen) atoms. The van der Waals surface area contributed by atoms with Crippen LogP contribution >= 0.6 is 0 Å². The van der Waals surface area contributed by atoms with E-state index in [9.17, 15) is 4.79 Å². The van der Waals surface area contributed by atoms with Crippen LogP contribution in [-0.4, -0.2) is 39.0 Å². The number of aromatic nitrogens is 3. The van der Waals surface area contributed by atoms with Crippen molar-refractivity contribution in [2.24, 2.45) is 0 Å². The van der Waals surface area contributed by atoms with Crippen LogP contribution in [0.1, 0.15) is 40.6 Å². The molecule has 5 rings (SSSR count). The molecule has 2 aromatic carbocycles. The van der Waals surface area contributed by atoms with E-state index < -0.39 is 0 Å². The molecule has 1 saturated heterocycles. The number of hydrogen-bond donors (Lipinski definition) is 1. The molecule has 4 aromatic rings. The highest BCUT2D eigenvalue weighted by Gasteiger charge is 2.28. The topological polar surface area (TPSA) is 75.0 Å². The monoisotopic (exact) mass is 386 g/mol. The van der Waals surface area contributed by atoms with Crippen LogP contribution in [0.25, 0.3) is 22.4 Å². The van der Waals surface area contributed by atoms with Gasteiger partial charge in [-0.15, -0.1) is 0 Å². The normalized spacial score (nSPS) is 15.1. The Labute approximate surface area is 168 Å². The molecule has 0 atom stereocenters. The highest BCUT2D eigenvalue weighted by atomic mass is 16.5. The summed E-state index contributed by atoms with van der Waals surface area (Å²) in [6.45, 7) is 3.43. The Morgan fingerprint density at radius 2 is 1.86 bits per heavy atom. The van der Waals surface area contributed by atoms with Gasteiger partial charge in [0.2, 0.25) is 0 Å². The zero-order chi connectivity index (χ0) is 19.8. The average molecular weight is 386 g/mol. The van der Waals surface area contributed by atoms with Crippen molar-refractivity contribution in [2.75, 3.05) is 13.1 Å². The minimum atomic E-state index is 0.0492. The number of fused-ring (bicyclic) bond motifs is 1. The number of H-pyrrole nitrogens is 1. The third-order valence-corrected chi connectivity index (χ3v) is 5.65. The number of nitrogens with zero attached hydrogens (tertiary/aromatic N) is 3. The van der Waals surface area contributed by atoms with Crippen LogP contribution in [0.5, 0.6) is 0 Å². The van der Waals surface area contributed by atoms with Crippen LogP contribution in [-0.2, 0) is 0 Å². The molecule has 0 aliphatic carbocycles. The Kier molecular flexibility index (Phi) is 4.39. The number of likely N-dealkylation sites (tertiary alicyclic amines) is 1. The molecule has 1 aliphatic rings. The van der Waals surface area contributed by atoms with Gasteiger partial charge in [-0.25, -0.2) is 0 Å². The van der Waals surface area contributed by atoms with E-state index in [-0.39, 0.29) is 11.8 Å². The number of amides is 1. The standard InChI is InChI=1S/C23H22N4O2/c1-15-6-8-17(9-7-15)22-25-21(26-29-22)16-10-12-27(13-11-16)23(28)20-14-18-4-2-3-5-19(18)24-20/h2-9,14,16,24H,10-13H2,1H3. The van der Waals surface area contributed by atoms with E-state index in [1.54, 1.807) is 0 Å². The summed E-state index contributed by atoms with van der Waals surface area (Å²) in [5, 5.41) is 5.26. The lowest BCUT2D eigenvalue weighted by molar-refractivity contribution is 0.0705. The number of aromatic amines is 1. The maximum atomic E-state index is 12.9. The Hall–Kier alpha value is -3.41. The molecular formula is C23H22N4O2. The highest BCUT2D eigenvalue weighted by Crippen LogP contribution is 2.29. The second-order valence-corrected chi connectivity index (χ2v) is 7.66. The fraction of sp³-hybridized carbons (Fsp3) is 0.261. The largest absolute Gasteiger partial charge is 0.351 e. The van der Waals surface area contributed by atoms with Crippen LogP contribution in [0.4, 0.5) is 0 Å². The molecule has 0 radical (unpaired) electrons. The van der Waals surface area contributed by atoms with Gasteiger partial charge in [0.25, 0.3) is 11.8 Å². The number of aryl methyl sites for hydroxylation is 1. The molecule has 0 unspecified atom stereocenters. The van der Waals surface area contributed by atoms with Gasteiger partial charge in [0.1, 0.15) is 5.69 Å². The molecule has 3 heterocycles. The molecule has 1 amide bonds. The van der Waals surface area contributed by atoms with E-state index in [1.807, 2.05) is 66.4 Å². The van der Waals surface area contributed by atoms with Crippen molar-refractivity contribution in [2.45, 2.75) is 25.7 Å². The second-order valence-electron chi connectivity index (χ2n) is 7.66. The number of benzene rings is 2. The van der Waals surface area contributed by atoms with Crippen LogP contribution in [0.3, 0.4) is 0 Å². The van der Waals surface area contributed by atoms with E-state index >= 15 is 0 Å². The Bertz CT molecular complexity index is 1120. The number of carbonyl (C=O) groups is 1. The van der Waals surface area contributed by atoms with E-state index in [2.05, 4.69) is 15.1 Å². The molecule has 2 aromatic heterocycles. The number of para-hydroxylation sites is 1. The van der Waals surface area contributed by atoms with Crippen molar-refractivity contribution in [3.63, 3.8) is 0 Å². The minimum Gasteiger partial charge on any atom is -0.351 e. The van der Waals surface area contributed by atoms with Crippen molar-refractivity contribution in [1.29, 1.82) is 0 Å². The molecule has 6 nitrogen and oxygen atoms in total. The summed E-state index contributed by atoms with van der Waals surface area (Å²) < 4.78 is 5.47. The lowest BCUT2D eigenvalue weighted by Crippen LogP contribution is -2.38. The smallest absolute Gasteiger partial charge is 0.270 e. The first-order valence-corrected chi connectivity index (χ1v) is 9.95. The van der Waals surface area contributed by atoms with Gasteiger partial charge in [-0.1, -0.05) is 41.1 Å². The quantitative estimate of drug-likeness (QED) is 0.561. The SMILES string of the molecule is Cc1ccc(-c2nc(C3CCN(C(=O)c4cc5ccccc5[nH]4)CC3)no2)cc1. The Balaban J connectivity index is 1.25. The third kappa shape index (κ3) is 3.42. The Morgan fingerprint density at radius 3 is 2.62 bits per heavy atom.